The van der Waals surface area contributed by atoms with Gasteiger partial charge >= 0.3 is 0 Å². The van der Waals surface area contributed by atoms with Gasteiger partial charge in [0, 0.05) is 11.3 Å². The molecule has 0 aliphatic rings. The molecule has 0 atom stereocenters. The normalized spacial score (nSPS) is 11.1. The van der Waals surface area contributed by atoms with Crippen molar-refractivity contribution in [3.63, 3.8) is 0 Å². The van der Waals surface area contributed by atoms with Crippen molar-refractivity contribution in [2.75, 3.05) is 11.1 Å². The van der Waals surface area contributed by atoms with Crippen LogP contribution < -0.4 is 5.32 Å². The van der Waals surface area contributed by atoms with Crippen molar-refractivity contribution in [1.82, 2.24) is 14.8 Å². The van der Waals surface area contributed by atoms with Gasteiger partial charge in [0.15, 0.2) is 11.0 Å². The molecule has 0 saturated heterocycles. The first-order valence-corrected chi connectivity index (χ1v) is 12.2. The van der Waals surface area contributed by atoms with E-state index in [0.29, 0.717) is 23.1 Å². The summed E-state index contributed by atoms with van der Waals surface area (Å²) in [5, 5.41) is 20.7. The first-order chi connectivity index (χ1) is 17.7. The number of nitrogens with zero attached hydrogens (tertiary/aromatic N) is 5. The second-order valence-electron chi connectivity index (χ2n) is 7.76. The van der Waals surface area contributed by atoms with Gasteiger partial charge in [0.25, 0.3) is 0 Å². The van der Waals surface area contributed by atoms with Crippen LogP contribution in [0.2, 0.25) is 0 Å². The van der Waals surface area contributed by atoms with Crippen molar-refractivity contribution in [3.8, 4) is 11.4 Å². The summed E-state index contributed by atoms with van der Waals surface area (Å²) in [5.41, 5.74) is 3.10. The van der Waals surface area contributed by atoms with Crippen LogP contribution in [0.15, 0.2) is 123 Å². The molecule has 1 N–H and O–H groups in total. The molecule has 9 heteroatoms. The van der Waals surface area contributed by atoms with Crippen LogP contribution in [0.4, 0.5) is 17.1 Å². The smallest absolute Gasteiger partial charge is 0.234 e. The summed E-state index contributed by atoms with van der Waals surface area (Å²) < 4.78 is 7.49. The van der Waals surface area contributed by atoms with Gasteiger partial charge in [-0.05, 0) is 48.5 Å². The lowest BCUT2D eigenvalue weighted by Crippen LogP contribution is -2.14. The zero-order chi connectivity index (χ0) is 24.6. The number of aromatic nitrogens is 3. The predicted octanol–water partition coefficient (Wildman–Crippen LogP) is 6.73. The van der Waals surface area contributed by atoms with Gasteiger partial charge in [-0.3, -0.25) is 9.36 Å². The van der Waals surface area contributed by atoms with Gasteiger partial charge in [-0.1, -0.05) is 60.3 Å². The van der Waals surface area contributed by atoms with Crippen LogP contribution in [-0.4, -0.2) is 26.4 Å². The minimum atomic E-state index is -0.146. The van der Waals surface area contributed by atoms with Crippen LogP contribution in [0.1, 0.15) is 5.76 Å². The minimum absolute atomic E-state index is 0.146. The quantitative estimate of drug-likeness (QED) is 0.181. The molecular weight excluding hydrogens is 472 g/mol. The van der Waals surface area contributed by atoms with Gasteiger partial charge in [-0.2, -0.15) is 10.2 Å². The number of hydrogen-bond donors (Lipinski definition) is 1. The molecule has 0 bridgehead atoms. The highest BCUT2D eigenvalue weighted by Crippen LogP contribution is 2.26. The Labute approximate surface area is 212 Å². The fourth-order valence-corrected chi connectivity index (χ4v) is 4.18. The topological polar surface area (TPSA) is 97.7 Å². The standard InChI is InChI=1S/C27H22N6O2S/c34-25(28-21-13-15-23(16-14-21)30-29-22-10-5-2-6-11-22)19-36-27-32-31-26(20-8-3-1-4-9-20)33(27)18-24-12-7-17-35-24/h1-17H,18-19H2,(H,28,34). The SMILES string of the molecule is O=C(CSc1nnc(-c2ccccc2)n1Cc1ccco1)Nc1ccc(N=Nc2ccccc2)cc1. The van der Waals surface area contributed by atoms with Gasteiger partial charge in [0.1, 0.15) is 5.76 Å². The number of anilines is 1. The monoisotopic (exact) mass is 494 g/mol. The maximum atomic E-state index is 12.6. The summed E-state index contributed by atoms with van der Waals surface area (Å²) in [6.45, 7) is 0.465. The van der Waals surface area contributed by atoms with Gasteiger partial charge in [-0.25, -0.2) is 0 Å². The molecule has 0 unspecified atom stereocenters. The third kappa shape index (κ3) is 5.94. The van der Waals surface area contributed by atoms with Crippen LogP contribution >= 0.6 is 11.8 Å². The lowest BCUT2D eigenvalue weighted by molar-refractivity contribution is -0.113. The van der Waals surface area contributed by atoms with Crippen molar-refractivity contribution in [3.05, 3.63) is 109 Å². The maximum absolute atomic E-state index is 12.6. The number of nitrogens with one attached hydrogen (secondary N) is 1. The van der Waals surface area contributed by atoms with E-state index >= 15 is 0 Å². The minimum Gasteiger partial charge on any atom is -0.467 e. The van der Waals surface area contributed by atoms with E-state index in [9.17, 15) is 4.79 Å². The molecule has 0 aliphatic heterocycles. The van der Waals surface area contributed by atoms with Gasteiger partial charge < -0.3 is 9.73 Å². The Hall–Kier alpha value is -4.50. The second kappa shape index (κ2) is 11.3. The lowest BCUT2D eigenvalue weighted by Gasteiger charge is -2.09. The second-order valence-corrected chi connectivity index (χ2v) is 8.70. The fraction of sp³-hybridized carbons (Fsp3) is 0.0741. The van der Waals surface area contributed by atoms with E-state index in [1.54, 1.807) is 30.5 Å². The Bertz CT molecular complexity index is 1430. The number of carbonyl (C=O) groups is 1. The molecule has 36 heavy (non-hydrogen) atoms. The van der Waals surface area contributed by atoms with Crippen molar-refractivity contribution >= 4 is 34.7 Å². The molecule has 0 radical (unpaired) electrons. The van der Waals surface area contributed by atoms with E-state index in [0.717, 1.165) is 22.8 Å². The molecule has 5 rings (SSSR count). The molecule has 2 aromatic heterocycles. The van der Waals surface area contributed by atoms with Gasteiger partial charge in [-0.15, -0.1) is 10.2 Å². The van der Waals surface area contributed by atoms with Crippen molar-refractivity contribution in [2.45, 2.75) is 11.7 Å². The van der Waals surface area contributed by atoms with Crippen molar-refractivity contribution in [2.24, 2.45) is 10.2 Å². The average Bonchev–Trinajstić information content (AvgIpc) is 3.59. The number of hydrogen-bond acceptors (Lipinski definition) is 7. The highest BCUT2D eigenvalue weighted by Gasteiger charge is 2.17. The Morgan fingerprint density at radius 2 is 1.53 bits per heavy atom. The summed E-state index contributed by atoms with van der Waals surface area (Å²) in [6, 6.07) is 30.3. The maximum Gasteiger partial charge on any atom is 0.234 e. The van der Waals surface area contributed by atoms with Crippen molar-refractivity contribution in [1.29, 1.82) is 0 Å². The summed E-state index contributed by atoms with van der Waals surface area (Å²) >= 11 is 1.32. The van der Waals surface area contributed by atoms with Crippen molar-refractivity contribution < 1.29 is 9.21 Å². The third-order valence-electron chi connectivity index (χ3n) is 5.16. The Balaban J connectivity index is 1.23. The number of amides is 1. The van der Waals surface area contributed by atoms with E-state index in [-0.39, 0.29) is 11.7 Å². The molecule has 0 saturated carbocycles. The van der Waals surface area contributed by atoms with Crippen LogP contribution in [0.25, 0.3) is 11.4 Å². The Morgan fingerprint density at radius 1 is 0.833 bits per heavy atom. The zero-order valence-electron chi connectivity index (χ0n) is 19.2. The Morgan fingerprint density at radius 3 is 2.22 bits per heavy atom. The molecule has 8 nitrogen and oxygen atoms in total. The number of benzene rings is 3. The first-order valence-electron chi connectivity index (χ1n) is 11.2. The summed E-state index contributed by atoms with van der Waals surface area (Å²) in [4.78, 5) is 12.6. The fourth-order valence-electron chi connectivity index (χ4n) is 3.45. The number of rotatable bonds is 9. The molecular formula is C27H22N6O2S. The molecule has 5 aromatic rings. The van der Waals surface area contributed by atoms with Crippen LogP contribution in [0.5, 0.6) is 0 Å². The largest absolute Gasteiger partial charge is 0.467 e. The van der Waals surface area contributed by atoms with E-state index in [2.05, 4.69) is 25.7 Å². The molecule has 3 aromatic carbocycles. The third-order valence-corrected chi connectivity index (χ3v) is 6.13. The lowest BCUT2D eigenvalue weighted by atomic mass is 10.2. The average molecular weight is 495 g/mol. The van der Waals surface area contributed by atoms with Gasteiger partial charge in [0.05, 0.1) is 29.9 Å². The molecule has 0 spiro atoms. The summed E-state index contributed by atoms with van der Waals surface area (Å²) in [5.74, 6) is 1.53. The molecule has 178 valence electrons. The summed E-state index contributed by atoms with van der Waals surface area (Å²) in [6.07, 6.45) is 1.64. The van der Waals surface area contributed by atoms with E-state index < -0.39 is 0 Å². The molecule has 2 heterocycles. The van der Waals surface area contributed by atoms with Gasteiger partial charge in [0.2, 0.25) is 5.91 Å². The first kappa shape index (κ1) is 23.3. The molecule has 0 fully saturated rings. The number of carbonyl (C=O) groups excluding carboxylic acids is 1. The Kier molecular flexibility index (Phi) is 7.29. The number of furan rings is 1. The molecule has 0 aliphatic carbocycles. The van der Waals surface area contributed by atoms with Crippen LogP contribution in [0.3, 0.4) is 0 Å². The zero-order valence-corrected chi connectivity index (χ0v) is 20.0. The highest BCUT2D eigenvalue weighted by molar-refractivity contribution is 7.99. The van der Waals surface area contributed by atoms with E-state index in [4.69, 9.17) is 4.42 Å². The van der Waals surface area contributed by atoms with E-state index in [1.165, 1.54) is 11.8 Å². The number of azo groups is 1. The summed E-state index contributed by atoms with van der Waals surface area (Å²) in [7, 11) is 0. The van der Waals surface area contributed by atoms with Crippen LogP contribution in [-0.2, 0) is 11.3 Å². The number of thioether (sulfide) groups is 1. The van der Waals surface area contributed by atoms with Crippen LogP contribution in [0, 0.1) is 0 Å². The highest BCUT2D eigenvalue weighted by atomic mass is 32.2. The predicted molar refractivity (Wildman–Crippen MR) is 140 cm³/mol. The van der Waals surface area contributed by atoms with E-state index in [1.807, 2.05) is 77.4 Å². The molecule has 1 amide bonds.